The SMILES string of the molecule is CC1CC(CNC(C)C)(c2ccncc2)C1. The van der Waals surface area contributed by atoms with Crippen LogP contribution in [0.25, 0.3) is 0 Å². The van der Waals surface area contributed by atoms with Crippen LogP contribution in [0.3, 0.4) is 0 Å². The highest BCUT2D eigenvalue weighted by Crippen LogP contribution is 2.47. The number of aromatic nitrogens is 1. The molecule has 0 bridgehead atoms. The van der Waals surface area contributed by atoms with Gasteiger partial charge in [0, 0.05) is 30.4 Å². The summed E-state index contributed by atoms with van der Waals surface area (Å²) in [6, 6.07) is 4.91. The second kappa shape index (κ2) is 4.54. The summed E-state index contributed by atoms with van der Waals surface area (Å²) in [5.74, 6) is 0.863. The molecule has 1 aliphatic rings. The number of hydrogen-bond donors (Lipinski definition) is 1. The van der Waals surface area contributed by atoms with E-state index in [4.69, 9.17) is 0 Å². The molecule has 2 nitrogen and oxygen atoms in total. The van der Waals surface area contributed by atoms with Gasteiger partial charge < -0.3 is 5.32 Å². The van der Waals surface area contributed by atoms with Gasteiger partial charge in [-0.3, -0.25) is 4.98 Å². The lowest BCUT2D eigenvalue weighted by molar-refractivity contribution is 0.149. The first-order chi connectivity index (χ1) is 7.62. The van der Waals surface area contributed by atoms with Crippen LogP contribution < -0.4 is 5.32 Å². The van der Waals surface area contributed by atoms with Crippen LogP contribution in [0.4, 0.5) is 0 Å². The minimum absolute atomic E-state index is 0.368. The Kier molecular flexibility index (Phi) is 3.29. The van der Waals surface area contributed by atoms with Gasteiger partial charge >= 0.3 is 0 Å². The van der Waals surface area contributed by atoms with E-state index in [0.29, 0.717) is 11.5 Å². The molecular formula is C14H22N2. The summed E-state index contributed by atoms with van der Waals surface area (Å²) in [5.41, 5.74) is 1.82. The van der Waals surface area contributed by atoms with Crippen LogP contribution in [0.2, 0.25) is 0 Å². The largest absolute Gasteiger partial charge is 0.314 e. The topological polar surface area (TPSA) is 24.9 Å². The Hall–Kier alpha value is -0.890. The molecule has 1 aromatic heterocycles. The third kappa shape index (κ3) is 2.27. The molecule has 2 heteroatoms. The quantitative estimate of drug-likeness (QED) is 0.840. The highest BCUT2D eigenvalue weighted by atomic mass is 14.9. The van der Waals surface area contributed by atoms with E-state index in [2.05, 4.69) is 43.2 Å². The molecule has 88 valence electrons. The van der Waals surface area contributed by atoms with Crippen molar-refractivity contribution >= 4 is 0 Å². The number of nitrogens with one attached hydrogen (secondary N) is 1. The van der Waals surface area contributed by atoms with Gasteiger partial charge in [0.15, 0.2) is 0 Å². The molecule has 1 saturated carbocycles. The Morgan fingerprint density at radius 2 is 2.00 bits per heavy atom. The highest BCUT2D eigenvalue weighted by molar-refractivity contribution is 5.27. The molecule has 0 aliphatic heterocycles. The fourth-order valence-electron chi connectivity index (χ4n) is 2.86. The van der Waals surface area contributed by atoms with Crippen LogP contribution in [0.5, 0.6) is 0 Å². The molecule has 0 atom stereocenters. The molecule has 0 unspecified atom stereocenters. The van der Waals surface area contributed by atoms with Gasteiger partial charge in [0.2, 0.25) is 0 Å². The van der Waals surface area contributed by atoms with Crippen molar-refractivity contribution in [1.82, 2.24) is 10.3 Å². The number of rotatable bonds is 4. The van der Waals surface area contributed by atoms with Gasteiger partial charge in [-0.25, -0.2) is 0 Å². The molecule has 2 rings (SSSR count). The van der Waals surface area contributed by atoms with Crippen molar-refractivity contribution in [1.29, 1.82) is 0 Å². The van der Waals surface area contributed by atoms with Crippen LogP contribution >= 0.6 is 0 Å². The lowest BCUT2D eigenvalue weighted by Crippen LogP contribution is -2.49. The van der Waals surface area contributed by atoms with Crippen molar-refractivity contribution in [2.45, 2.75) is 45.1 Å². The number of nitrogens with zero attached hydrogens (tertiary/aromatic N) is 1. The third-order valence-corrected chi connectivity index (χ3v) is 3.62. The normalized spacial score (nSPS) is 29.1. The molecule has 1 aromatic rings. The Bertz CT molecular complexity index is 326. The van der Waals surface area contributed by atoms with E-state index < -0.39 is 0 Å². The summed E-state index contributed by atoms with van der Waals surface area (Å²) in [4.78, 5) is 4.11. The molecule has 0 aromatic carbocycles. The molecule has 0 radical (unpaired) electrons. The van der Waals surface area contributed by atoms with Gasteiger partial charge in [0.25, 0.3) is 0 Å². The van der Waals surface area contributed by atoms with E-state index in [1.165, 1.54) is 18.4 Å². The summed E-state index contributed by atoms with van der Waals surface area (Å²) in [7, 11) is 0. The molecule has 1 fully saturated rings. The molecule has 0 amide bonds. The second-order valence-corrected chi connectivity index (χ2v) is 5.57. The summed E-state index contributed by atoms with van der Waals surface area (Å²) in [5, 5.41) is 3.59. The molecule has 1 heterocycles. The van der Waals surface area contributed by atoms with Crippen molar-refractivity contribution in [3.63, 3.8) is 0 Å². The van der Waals surface area contributed by atoms with Gasteiger partial charge in [-0.05, 0) is 36.5 Å². The zero-order chi connectivity index (χ0) is 11.6. The van der Waals surface area contributed by atoms with Crippen molar-refractivity contribution in [2.75, 3.05) is 6.54 Å². The fourth-order valence-corrected chi connectivity index (χ4v) is 2.86. The first-order valence-electron chi connectivity index (χ1n) is 6.26. The first-order valence-corrected chi connectivity index (χ1v) is 6.26. The Labute approximate surface area is 98.5 Å². The van der Waals surface area contributed by atoms with E-state index in [-0.39, 0.29) is 0 Å². The van der Waals surface area contributed by atoms with Crippen LogP contribution in [-0.2, 0) is 5.41 Å². The average molecular weight is 218 g/mol. The molecule has 0 spiro atoms. The van der Waals surface area contributed by atoms with Gasteiger partial charge in [-0.2, -0.15) is 0 Å². The smallest absolute Gasteiger partial charge is 0.0270 e. The van der Waals surface area contributed by atoms with Crippen LogP contribution in [-0.4, -0.2) is 17.6 Å². The lowest BCUT2D eigenvalue weighted by Gasteiger charge is -2.47. The van der Waals surface area contributed by atoms with Crippen LogP contribution in [0.15, 0.2) is 24.5 Å². The minimum Gasteiger partial charge on any atom is -0.314 e. The lowest BCUT2D eigenvalue weighted by atomic mass is 9.59. The van der Waals surface area contributed by atoms with Crippen LogP contribution in [0, 0.1) is 5.92 Å². The number of hydrogen-bond acceptors (Lipinski definition) is 2. The van der Waals surface area contributed by atoms with E-state index in [1.54, 1.807) is 0 Å². The van der Waals surface area contributed by atoms with Crippen molar-refractivity contribution < 1.29 is 0 Å². The maximum atomic E-state index is 4.11. The summed E-state index contributed by atoms with van der Waals surface area (Å²) >= 11 is 0. The third-order valence-electron chi connectivity index (χ3n) is 3.62. The second-order valence-electron chi connectivity index (χ2n) is 5.57. The van der Waals surface area contributed by atoms with Gasteiger partial charge in [0.1, 0.15) is 0 Å². The zero-order valence-corrected chi connectivity index (χ0v) is 10.5. The van der Waals surface area contributed by atoms with E-state index in [9.17, 15) is 0 Å². The zero-order valence-electron chi connectivity index (χ0n) is 10.5. The maximum absolute atomic E-state index is 4.11. The Morgan fingerprint density at radius 3 is 2.50 bits per heavy atom. The van der Waals surface area contributed by atoms with Gasteiger partial charge in [-0.1, -0.05) is 20.8 Å². The van der Waals surface area contributed by atoms with E-state index >= 15 is 0 Å². The predicted molar refractivity (Wildman–Crippen MR) is 67.5 cm³/mol. The average Bonchev–Trinajstić information content (AvgIpc) is 2.24. The highest BCUT2D eigenvalue weighted by Gasteiger charge is 2.42. The van der Waals surface area contributed by atoms with Crippen LogP contribution in [0.1, 0.15) is 39.2 Å². The molecular weight excluding hydrogens is 196 g/mol. The summed E-state index contributed by atoms with van der Waals surface area (Å²) in [6.45, 7) is 7.86. The van der Waals surface area contributed by atoms with E-state index in [0.717, 1.165) is 12.5 Å². The Balaban J connectivity index is 2.11. The fraction of sp³-hybridized carbons (Fsp3) is 0.643. The Morgan fingerprint density at radius 1 is 1.38 bits per heavy atom. The van der Waals surface area contributed by atoms with Crippen molar-refractivity contribution in [3.05, 3.63) is 30.1 Å². The first kappa shape index (κ1) is 11.6. The number of pyridine rings is 1. The van der Waals surface area contributed by atoms with E-state index in [1.807, 2.05) is 12.4 Å². The summed E-state index contributed by atoms with van der Waals surface area (Å²) < 4.78 is 0. The van der Waals surface area contributed by atoms with Crippen molar-refractivity contribution in [2.24, 2.45) is 5.92 Å². The molecule has 0 saturated heterocycles. The molecule has 16 heavy (non-hydrogen) atoms. The standard InChI is InChI=1S/C14H22N2/c1-11(2)16-10-14(8-12(3)9-14)13-4-6-15-7-5-13/h4-7,11-12,16H,8-10H2,1-3H3. The van der Waals surface area contributed by atoms with Gasteiger partial charge in [-0.15, -0.1) is 0 Å². The molecule has 1 aliphatic carbocycles. The van der Waals surface area contributed by atoms with Gasteiger partial charge in [0.05, 0.1) is 0 Å². The minimum atomic E-state index is 0.368. The summed E-state index contributed by atoms with van der Waals surface area (Å²) in [6.07, 6.45) is 6.43. The molecule has 1 N–H and O–H groups in total. The predicted octanol–water partition coefficient (Wildman–Crippen LogP) is 2.75. The maximum Gasteiger partial charge on any atom is 0.0270 e. The van der Waals surface area contributed by atoms with Crippen molar-refractivity contribution in [3.8, 4) is 0 Å². The monoisotopic (exact) mass is 218 g/mol.